The molecule has 1 aliphatic rings. The summed E-state index contributed by atoms with van der Waals surface area (Å²) in [7, 11) is 0. The topological polar surface area (TPSA) is 21.3 Å². The summed E-state index contributed by atoms with van der Waals surface area (Å²) in [5, 5.41) is 3.58. The molecule has 2 aromatic rings. The number of fused-ring (bicyclic) bond motifs is 1. The molecule has 0 spiro atoms. The van der Waals surface area contributed by atoms with E-state index >= 15 is 0 Å². The molecule has 0 bridgehead atoms. The maximum absolute atomic E-state index is 6.12. The minimum Gasteiger partial charge on any atom is -0.483 e. The Balaban J connectivity index is 2.02. The Bertz CT molecular complexity index is 548. The molecule has 2 heteroatoms. The molecule has 0 aromatic heterocycles. The van der Waals surface area contributed by atoms with E-state index in [9.17, 15) is 0 Å². The molecule has 0 fully saturated rings. The zero-order valence-electron chi connectivity index (χ0n) is 10.7. The number of benzene rings is 2. The van der Waals surface area contributed by atoms with Gasteiger partial charge in [-0.15, -0.1) is 0 Å². The predicted octanol–water partition coefficient (Wildman–Crippen LogP) is 4.01. The highest BCUT2D eigenvalue weighted by molar-refractivity contribution is 5.60. The van der Waals surface area contributed by atoms with Gasteiger partial charge in [0.2, 0.25) is 0 Å². The minimum atomic E-state index is -0.268. The quantitative estimate of drug-likeness (QED) is 0.811. The van der Waals surface area contributed by atoms with Crippen LogP contribution in [0.25, 0.3) is 0 Å². The lowest BCUT2D eigenvalue weighted by molar-refractivity contribution is 0.0781. The summed E-state index contributed by atoms with van der Waals surface area (Å²) in [5.41, 5.74) is 2.04. The van der Waals surface area contributed by atoms with E-state index in [2.05, 4.69) is 49.5 Å². The van der Waals surface area contributed by atoms with Gasteiger partial charge in [-0.3, -0.25) is 0 Å². The van der Waals surface area contributed by atoms with Gasteiger partial charge in [-0.2, -0.15) is 0 Å². The summed E-state index contributed by atoms with van der Waals surface area (Å²) in [6.45, 7) is 4.24. The number of nitrogens with one attached hydrogen (secondary N) is 1. The van der Waals surface area contributed by atoms with Gasteiger partial charge in [-0.1, -0.05) is 42.5 Å². The first kappa shape index (κ1) is 11.1. The minimum absolute atomic E-state index is 0.161. The molecular weight excluding hydrogens is 222 g/mol. The van der Waals surface area contributed by atoms with Gasteiger partial charge in [0.15, 0.2) is 0 Å². The van der Waals surface area contributed by atoms with Gasteiger partial charge < -0.3 is 10.1 Å². The van der Waals surface area contributed by atoms with E-state index in [4.69, 9.17) is 4.74 Å². The lowest BCUT2D eigenvalue weighted by Crippen LogP contribution is -2.43. The molecule has 0 saturated heterocycles. The summed E-state index contributed by atoms with van der Waals surface area (Å²) in [4.78, 5) is 0. The van der Waals surface area contributed by atoms with Gasteiger partial charge in [-0.05, 0) is 31.5 Å². The van der Waals surface area contributed by atoms with Crippen molar-refractivity contribution in [2.24, 2.45) is 0 Å². The first-order chi connectivity index (χ1) is 8.67. The first-order valence-corrected chi connectivity index (χ1v) is 6.26. The largest absolute Gasteiger partial charge is 0.483 e. The Labute approximate surface area is 108 Å². The third kappa shape index (κ3) is 1.84. The fraction of sp³-hybridized carbons (Fsp3) is 0.250. The molecular formula is C16H17NO. The van der Waals surface area contributed by atoms with Gasteiger partial charge in [0.25, 0.3) is 0 Å². The molecule has 1 aliphatic heterocycles. The highest BCUT2D eigenvalue weighted by Gasteiger charge is 2.37. The van der Waals surface area contributed by atoms with Crippen molar-refractivity contribution in [1.82, 2.24) is 0 Å². The maximum atomic E-state index is 6.12. The number of para-hydroxylation sites is 2. The monoisotopic (exact) mass is 239 g/mol. The van der Waals surface area contributed by atoms with Crippen molar-refractivity contribution in [2.75, 3.05) is 5.32 Å². The maximum Gasteiger partial charge on any atom is 0.143 e. The molecule has 18 heavy (non-hydrogen) atoms. The molecule has 1 unspecified atom stereocenters. The van der Waals surface area contributed by atoms with E-state index in [1.54, 1.807) is 0 Å². The zero-order chi connectivity index (χ0) is 12.6. The smallest absolute Gasteiger partial charge is 0.143 e. The molecule has 0 amide bonds. The van der Waals surface area contributed by atoms with Crippen molar-refractivity contribution < 1.29 is 4.74 Å². The third-order valence-electron chi connectivity index (χ3n) is 3.39. The van der Waals surface area contributed by atoms with Crippen molar-refractivity contribution in [1.29, 1.82) is 0 Å². The summed E-state index contributed by atoms with van der Waals surface area (Å²) >= 11 is 0. The summed E-state index contributed by atoms with van der Waals surface area (Å²) in [6.07, 6.45) is 0. The van der Waals surface area contributed by atoms with Gasteiger partial charge in [-0.25, -0.2) is 0 Å². The van der Waals surface area contributed by atoms with Crippen LogP contribution in [0.5, 0.6) is 5.75 Å². The van der Waals surface area contributed by atoms with Gasteiger partial charge in [0.05, 0.1) is 11.7 Å². The molecule has 2 nitrogen and oxygen atoms in total. The van der Waals surface area contributed by atoms with Gasteiger partial charge in [0, 0.05) is 0 Å². The van der Waals surface area contributed by atoms with Crippen molar-refractivity contribution in [3.8, 4) is 5.75 Å². The fourth-order valence-electron chi connectivity index (χ4n) is 2.48. The lowest BCUT2D eigenvalue weighted by Gasteiger charge is -2.41. The van der Waals surface area contributed by atoms with E-state index in [-0.39, 0.29) is 11.6 Å². The summed E-state index contributed by atoms with van der Waals surface area (Å²) in [6, 6.07) is 18.7. The van der Waals surface area contributed by atoms with Crippen LogP contribution in [-0.2, 0) is 0 Å². The van der Waals surface area contributed by atoms with Crippen molar-refractivity contribution in [3.63, 3.8) is 0 Å². The Hall–Kier alpha value is -1.96. The van der Waals surface area contributed by atoms with Crippen LogP contribution in [0.1, 0.15) is 25.5 Å². The lowest BCUT2D eigenvalue weighted by atomic mass is 9.90. The standard InChI is InChI=1S/C16H17NO/c1-16(2)15(12-8-4-3-5-9-12)17-13-10-6-7-11-14(13)18-16/h3-11,15,17H,1-2H3. The van der Waals surface area contributed by atoms with Crippen LogP contribution in [-0.4, -0.2) is 5.60 Å². The number of hydrogen-bond donors (Lipinski definition) is 1. The van der Waals surface area contributed by atoms with E-state index in [1.807, 2.05) is 24.3 Å². The number of anilines is 1. The Morgan fingerprint density at radius 2 is 1.61 bits per heavy atom. The molecule has 1 atom stereocenters. The molecule has 2 aromatic carbocycles. The average Bonchev–Trinajstić information content (AvgIpc) is 2.38. The number of ether oxygens (including phenoxy) is 1. The molecule has 0 radical (unpaired) electrons. The van der Waals surface area contributed by atoms with E-state index in [1.165, 1.54) is 5.56 Å². The van der Waals surface area contributed by atoms with E-state index in [0.717, 1.165) is 11.4 Å². The molecule has 0 aliphatic carbocycles. The second kappa shape index (κ2) is 4.05. The predicted molar refractivity (Wildman–Crippen MR) is 74.0 cm³/mol. The summed E-state index contributed by atoms with van der Waals surface area (Å²) < 4.78 is 6.12. The van der Waals surface area contributed by atoms with Crippen LogP contribution in [0.4, 0.5) is 5.69 Å². The Morgan fingerprint density at radius 1 is 0.944 bits per heavy atom. The second-order valence-corrected chi connectivity index (χ2v) is 5.19. The first-order valence-electron chi connectivity index (χ1n) is 6.26. The van der Waals surface area contributed by atoms with Crippen molar-refractivity contribution in [3.05, 3.63) is 60.2 Å². The number of hydrogen-bond acceptors (Lipinski definition) is 2. The van der Waals surface area contributed by atoms with Crippen molar-refractivity contribution >= 4 is 5.69 Å². The SMILES string of the molecule is CC1(C)Oc2ccccc2NC1c1ccccc1. The highest BCUT2D eigenvalue weighted by Crippen LogP contribution is 2.42. The van der Waals surface area contributed by atoms with Crippen molar-refractivity contribution in [2.45, 2.75) is 25.5 Å². The molecule has 92 valence electrons. The van der Waals surface area contributed by atoms with Gasteiger partial charge >= 0.3 is 0 Å². The average molecular weight is 239 g/mol. The molecule has 1 heterocycles. The summed E-state index contributed by atoms with van der Waals surface area (Å²) in [5.74, 6) is 0.926. The highest BCUT2D eigenvalue weighted by atomic mass is 16.5. The molecule has 1 N–H and O–H groups in total. The second-order valence-electron chi connectivity index (χ2n) is 5.19. The van der Waals surface area contributed by atoms with E-state index < -0.39 is 0 Å². The zero-order valence-corrected chi connectivity index (χ0v) is 10.7. The fourth-order valence-corrected chi connectivity index (χ4v) is 2.48. The van der Waals surface area contributed by atoms with Crippen LogP contribution in [0, 0.1) is 0 Å². The number of rotatable bonds is 1. The normalized spacial score (nSPS) is 20.4. The Kier molecular flexibility index (Phi) is 2.51. The van der Waals surface area contributed by atoms with Crippen LogP contribution < -0.4 is 10.1 Å². The van der Waals surface area contributed by atoms with Crippen LogP contribution >= 0.6 is 0 Å². The Morgan fingerprint density at radius 3 is 2.39 bits per heavy atom. The van der Waals surface area contributed by atoms with E-state index in [0.29, 0.717) is 0 Å². The molecule has 0 saturated carbocycles. The van der Waals surface area contributed by atoms with Crippen LogP contribution in [0.3, 0.4) is 0 Å². The van der Waals surface area contributed by atoms with Crippen LogP contribution in [0.15, 0.2) is 54.6 Å². The van der Waals surface area contributed by atoms with Gasteiger partial charge in [0.1, 0.15) is 11.4 Å². The van der Waals surface area contributed by atoms with Crippen LogP contribution in [0.2, 0.25) is 0 Å². The molecule has 3 rings (SSSR count). The third-order valence-corrected chi connectivity index (χ3v) is 3.39.